The molecule has 3 rings (SSSR count). The molecule has 1 heterocycles. The molecule has 0 radical (unpaired) electrons. The fourth-order valence-corrected chi connectivity index (χ4v) is 3.22. The summed E-state index contributed by atoms with van der Waals surface area (Å²) in [6, 6.07) is 6.44. The van der Waals surface area contributed by atoms with Crippen LogP contribution in [0, 0.1) is 0 Å². The lowest BCUT2D eigenvalue weighted by Gasteiger charge is -2.37. The summed E-state index contributed by atoms with van der Waals surface area (Å²) in [6.07, 6.45) is 5.46. The molecule has 1 aliphatic carbocycles. The molecular weight excluding hydrogens is 254 g/mol. The first-order valence-corrected chi connectivity index (χ1v) is 7.43. The fraction of sp³-hybridized carbons (Fsp3) is 0.625. The van der Waals surface area contributed by atoms with Gasteiger partial charge in [-0.05, 0) is 49.8 Å². The Hall–Kier alpha value is -1.26. The molecule has 0 aromatic heterocycles. The highest BCUT2D eigenvalue weighted by Crippen LogP contribution is 2.44. The molecule has 0 amide bonds. The van der Waals surface area contributed by atoms with Gasteiger partial charge in [0.15, 0.2) is 0 Å². The van der Waals surface area contributed by atoms with Crippen molar-refractivity contribution in [3.63, 3.8) is 0 Å². The van der Waals surface area contributed by atoms with Gasteiger partial charge in [-0.2, -0.15) is 0 Å². The average Bonchev–Trinajstić information content (AvgIpc) is 2.85. The lowest BCUT2D eigenvalue weighted by atomic mass is 9.77. The number of ether oxygens (including phenoxy) is 2. The van der Waals surface area contributed by atoms with E-state index in [1.807, 2.05) is 18.2 Å². The lowest BCUT2D eigenvalue weighted by Crippen LogP contribution is -2.36. The molecule has 1 aromatic rings. The molecule has 1 aromatic carbocycles. The van der Waals surface area contributed by atoms with Crippen LogP contribution in [0.15, 0.2) is 18.2 Å². The highest BCUT2D eigenvalue weighted by Gasteiger charge is 2.45. The summed E-state index contributed by atoms with van der Waals surface area (Å²) in [7, 11) is 1.68. The summed E-state index contributed by atoms with van der Waals surface area (Å²) in [4.78, 5) is 0. The average molecular weight is 277 g/mol. The Bertz CT molecular complexity index is 471. The van der Waals surface area contributed by atoms with Crippen LogP contribution in [-0.2, 0) is 11.2 Å². The van der Waals surface area contributed by atoms with Gasteiger partial charge >= 0.3 is 0 Å². The second-order valence-electron chi connectivity index (χ2n) is 5.90. The molecule has 1 saturated heterocycles. The van der Waals surface area contributed by atoms with E-state index in [0.717, 1.165) is 30.0 Å². The van der Waals surface area contributed by atoms with E-state index in [4.69, 9.17) is 14.6 Å². The molecular formula is C16H23NO3. The van der Waals surface area contributed by atoms with Crippen LogP contribution < -0.4 is 10.1 Å². The minimum atomic E-state index is 0.162. The van der Waals surface area contributed by atoms with Crippen molar-refractivity contribution in [1.29, 1.82) is 0 Å². The van der Waals surface area contributed by atoms with Gasteiger partial charge in [0, 0.05) is 6.61 Å². The molecule has 4 heteroatoms. The van der Waals surface area contributed by atoms with Crippen LogP contribution in [-0.4, -0.2) is 37.1 Å². The van der Waals surface area contributed by atoms with Gasteiger partial charge < -0.3 is 19.9 Å². The summed E-state index contributed by atoms with van der Waals surface area (Å²) in [5, 5.41) is 12.5. The van der Waals surface area contributed by atoms with Crippen molar-refractivity contribution in [2.75, 3.05) is 25.6 Å². The molecule has 1 unspecified atom stereocenters. The number of rotatable bonds is 5. The first-order chi connectivity index (χ1) is 9.74. The molecule has 110 valence electrons. The normalized spacial score (nSPS) is 23.6. The van der Waals surface area contributed by atoms with Crippen molar-refractivity contribution in [1.82, 2.24) is 0 Å². The number of methoxy groups -OCH3 is 1. The van der Waals surface area contributed by atoms with Gasteiger partial charge in [0.1, 0.15) is 5.75 Å². The lowest BCUT2D eigenvalue weighted by molar-refractivity contribution is -0.0562. The largest absolute Gasteiger partial charge is 0.495 e. The van der Waals surface area contributed by atoms with Crippen molar-refractivity contribution in [3.05, 3.63) is 23.8 Å². The van der Waals surface area contributed by atoms with Gasteiger partial charge in [-0.3, -0.25) is 0 Å². The summed E-state index contributed by atoms with van der Waals surface area (Å²) in [5.74, 6) is 0.838. The molecule has 1 aliphatic heterocycles. The first kappa shape index (κ1) is 13.7. The molecule has 2 fully saturated rings. The number of benzene rings is 1. The number of nitrogens with one attached hydrogen (secondary N) is 1. The molecule has 1 saturated carbocycles. The maximum absolute atomic E-state index is 9.00. The zero-order valence-corrected chi connectivity index (χ0v) is 12.0. The number of aliphatic hydroxyl groups excluding tert-OH is 1. The van der Waals surface area contributed by atoms with E-state index in [1.54, 1.807) is 7.11 Å². The molecule has 1 atom stereocenters. The van der Waals surface area contributed by atoms with E-state index in [1.165, 1.54) is 19.3 Å². The van der Waals surface area contributed by atoms with E-state index in [-0.39, 0.29) is 12.2 Å². The van der Waals surface area contributed by atoms with Gasteiger partial charge in [0.2, 0.25) is 0 Å². The predicted molar refractivity (Wildman–Crippen MR) is 78.3 cm³/mol. The highest BCUT2D eigenvalue weighted by molar-refractivity contribution is 5.58. The molecule has 1 spiro atoms. The van der Waals surface area contributed by atoms with Crippen LogP contribution in [0.2, 0.25) is 0 Å². The molecule has 20 heavy (non-hydrogen) atoms. The Morgan fingerprint density at radius 2 is 2.30 bits per heavy atom. The third kappa shape index (κ3) is 2.63. The predicted octanol–water partition coefficient (Wildman–Crippen LogP) is 2.35. The third-order valence-corrected chi connectivity index (χ3v) is 4.50. The zero-order chi connectivity index (χ0) is 14.0. The van der Waals surface area contributed by atoms with Crippen molar-refractivity contribution >= 4 is 5.69 Å². The van der Waals surface area contributed by atoms with Crippen molar-refractivity contribution in [2.24, 2.45) is 0 Å². The Balaban J connectivity index is 1.67. The van der Waals surface area contributed by atoms with Crippen molar-refractivity contribution < 1.29 is 14.6 Å². The molecule has 0 bridgehead atoms. The number of hydrogen-bond donors (Lipinski definition) is 2. The Labute approximate surface area is 120 Å². The van der Waals surface area contributed by atoms with Crippen LogP contribution in [0.25, 0.3) is 0 Å². The topological polar surface area (TPSA) is 50.7 Å². The number of aliphatic hydroxyl groups is 1. The third-order valence-electron chi connectivity index (χ3n) is 4.50. The standard InChI is InChI=1S/C16H23NO3/c1-19-15-9-12(5-8-18)3-4-14(15)17-13-10-16(20-11-13)6-2-7-16/h3-4,9,13,17-18H,2,5-8,10-11H2,1H3. The maximum Gasteiger partial charge on any atom is 0.142 e. The van der Waals surface area contributed by atoms with Crippen LogP contribution in [0.3, 0.4) is 0 Å². The summed E-state index contributed by atoms with van der Waals surface area (Å²) in [5.41, 5.74) is 2.27. The Morgan fingerprint density at radius 1 is 1.45 bits per heavy atom. The van der Waals surface area contributed by atoms with E-state index < -0.39 is 0 Å². The van der Waals surface area contributed by atoms with Crippen LogP contribution in [0.1, 0.15) is 31.2 Å². The smallest absolute Gasteiger partial charge is 0.142 e. The summed E-state index contributed by atoms with van der Waals surface area (Å²) in [6.45, 7) is 0.941. The van der Waals surface area contributed by atoms with E-state index >= 15 is 0 Å². The summed E-state index contributed by atoms with van der Waals surface area (Å²) >= 11 is 0. The van der Waals surface area contributed by atoms with Crippen LogP contribution >= 0.6 is 0 Å². The second kappa shape index (κ2) is 5.62. The van der Waals surface area contributed by atoms with Gasteiger partial charge in [0.25, 0.3) is 0 Å². The van der Waals surface area contributed by atoms with Crippen LogP contribution in [0.4, 0.5) is 5.69 Å². The Morgan fingerprint density at radius 3 is 2.90 bits per heavy atom. The maximum atomic E-state index is 9.00. The van der Waals surface area contributed by atoms with E-state index in [9.17, 15) is 0 Å². The number of hydrogen-bond acceptors (Lipinski definition) is 4. The molecule has 2 aliphatic rings. The van der Waals surface area contributed by atoms with Crippen LogP contribution in [0.5, 0.6) is 5.75 Å². The fourth-order valence-electron chi connectivity index (χ4n) is 3.22. The second-order valence-corrected chi connectivity index (χ2v) is 5.90. The Kier molecular flexibility index (Phi) is 3.85. The molecule has 2 N–H and O–H groups in total. The van der Waals surface area contributed by atoms with Gasteiger partial charge in [-0.1, -0.05) is 6.07 Å². The highest BCUT2D eigenvalue weighted by atomic mass is 16.5. The minimum Gasteiger partial charge on any atom is -0.495 e. The monoisotopic (exact) mass is 277 g/mol. The SMILES string of the molecule is COc1cc(CCO)ccc1NC1COC2(CCC2)C1. The van der Waals surface area contributed by atoms with Crippen molar-refractivity contribution in [2.45, 2.75) is 43.7 Å². The van der Waals surface area contributed by atoms with Crippen molar-refractivity contribution in [3.8, 4) is 5.75 Å². The number of anilines is 1. The zero-order valence-electron chi connectivity index (χ0n) is 12.0. The minimum absolute atomic E-state index is 0.162. The quantitative estimate of drug-likeness (QED) is 0.867. The molecule has 4 nitrogen and oxygen atoms in total. The van der Waals surface area contributed by atoms with Gasteiger partial charge in [-0.25, -0.2) is 0 Å². The van der Waals surface area contributed by atoms with Gasteiger partial charge in [-0.15, -0.1) is 0 Å². The van der Waals surface area contributed by atoms with Gasteiger partial charge in [0.05, 0.1) is 31.0 Å². The summed E-state index contributed by atoms with van der Waals surface area (Å²) < 4.78 is 11.4. The van der Waals surface area contributed by atoms with E-state index in [0.29, 0.717) is 12.5 Å². The van der Waals surface area contributed by atoms with E-state index in [2.05, 4.69) is 5.32 Å². The first-order valence-electron chi connectivity index (χ1n) is 7.43.